The van der Waals surface area contributed by atoms with Crippen LogP contribution in [0, 0.1) is 0 Å². The summed E-state index contributed by atoms with van der Waals surface area (Å²) in [6, 6.07) is 1.16. The van der Waals surface area contributed by atoms with Crippen LogP contribution >= 0.6 is 0 Å². The van der Waals surface area contributed by atoms with Gasteiger partial charge in [-0.25, -0.2) is 0 Å². The van der Waals surface area contributed by atoms with Gasteiger partial charge in [-0.1, -0.05) is 0 Å². The van der Waals surface area contributed by atoms with Gasteiger partial charge in [0.1, 0.15) is 0 Å². The zero-order valence-electron chi connectivity index (χ0n) is 7.51. The van der Waals surface area contributed by atoms with Gasteiger partial charge in [0, 0.05) is 25.2 Å². The van der Waals surface area contributed by atoms with E-state index in [9.17, 15) is 0 Å². The second-order valence-corrected chi connectivity index (χ2v) is 3.69. The third-order valence-corrected chi connectivity index (χ3v) is 2.17. The highest BCUT2D eigenvalue weighted by Crippen LogP contribution is 2.16. The van der Waals surface area contributed by atoms with Gasteiger partial charge in [-0.2, -0.15) is 0 Å². The minimum atomic E-state index is 0.465. The smallest absolute Gasteiger partial charge is 0.0101 e. The van der Waals surface area contributed by atoms with Crippen molar-refractivity contribution in [3.05, 3.63) is 0 Å². The largest absolute Gasteiger partial charge is 0.328 e. The van der Waals surface area contributed by atoms with Crippen LogP contribution in [-0.4, -0.2) is 44.2 Å². The Morgan fingerprint density at radius 3 is 2.55 bits per heavy atom. The molecule has 1 aliphatic carbocycles. The van der Waals surface area contributed by atoms with Gasteiger partial charge in [0.25, 0.3) is 0 Å². The van der Waals surface area contributed by atoms with Gasteiger partial charge in [0.05, 0.1) is 0 Å². The molecule has 11 heavy (non-hydrogen) atoms. The van der Waals surface area contributed by atoms with Gasteiger partial charge in [-0.3, -0.25) is 0 Å². The standard InChI is InChI=1S/C8H19N3/c1-11(2)4-3-10-8-5-7(9)6-8/h7-8,10H,3-6,9H2,1-2H3. The minimum absolute atomic E-state index is 0.465. The van der Waals surface area contributed by atoms with Crippen LogP contribution in [0.1, 0.15) is 12.8 Å². The molecule has 0 amide bonds. The Hall–Kier alpha value is -0.120. The average molecular weight is 157 g/mol. The highest BCUT2D eigenvalue weighted by atomic mass is 15.1. The van der Waals surface area contributed by atoms with Crippen molar-refractivity contribution in [2.75, 3.05) is 27.2 Å². The second-order valence-electron chi connectivity index (χ2n) is 3.69. The summed E-state index contributed by atoms with van der Waals surface area (Å²) < 4.78 is 0. The molecule has 0 bridgehead atoms. The van der Waals surface area contributed by atoms with Crippen LogP contribution in [0.4, 0.5) is 0 Å². The monoisotopic (exact) mass is 157 g/mol. The van der Waals surface area contributed by atoms with Crippen molar-refractivity contribution in [3.63, 3.8) is 0 Å². The Morgan fingerprint density at radius 1 is 1.45 bits per heavy atom. The summed E-state index contributed by atoms with van der Waals surface area (Å²) in [4.78, 5) is 2.19. The lowest BCUT2D eigenvalue weighted by Crippen LogP contribution is -2.49. The average Bonchev–Trinajstić information content (AvgIpc) is 1.83. The van der Waals surface area contributed by atoms with Gasteiger partial charge >= 0.3 is 0 Å². The van der Waals surface area contributed by atoms with E-state index in [-0.39, 0.29) is 0 Å². The normalized spacial score (nSPS) is 30.5. The van der Waals surface area contributed by atoms with Gasteiger partial charge in [0.2, 0.25) is 0 Å². The molecule has 3 nitrogen and oxygen atoms in total. The van der Waals surface area contributed by atoms with Crippen LogP contribution in [0.25, 0.3) is 0 Å². The quantitative estimate of drug-likeness (QED) is 0.585. The van der Waals surface area contributed by atoms with Crippen molar-refractivity contribution in [1.82, 2.24) is 10.2 Å². The summed E-state index contributed by atoms with van der Waals surface area (Å²) in [6.45, 7) is 2.20. The first-order valence-corrected chi connectivity index (χ1v) is 4.32. The summed E-state index contributed by atoms with van der Waals surface area (Å²) in [5.41, 5.74) is 5.65. The lowest BCUT2D eigenvalue weighted by atomic mass is 9.88. The maximum atomic E-state index is 5.65. The molecule has 1 aliphatic rings. The fraction of sp³-hybridized carbons (Fsp3) is 1.00. The molecule has 1 rings (SSSR count). The van der Waals surface area contributed by atoms with Crippen molar-refractivity contribution >= 4 is 0 Å². The van der Waals surface area contributed by atoms with Crippen molar-refractivity contribution < 1.29 is 0 Å². The van der Waals surface area contributed by atoms with Crippen LogP contribution < -0.4 is 11.1 Å². The lowest BCUT2D eigenvalue weighted by molar-refractivity contribution is 0.279. The summed E-state index contributed by atoms with van der Waals surface area (Å²) in [5, 5.41) is 3.46. The van der Waals surface area contributed by atoms with Crippen molar-refractivity contribution in [2.45, 2.75) is 24.9 Å². The van der Waals surface area contributed by atoms with Gasteiger partial charge in [-0.05, 0) is 26.9 Å². The predicted molar refractivity (Wildman–Crippen MR) is 47.6 cm³/mol. The molecule has 0 unspecified atom stereocenters. The summed E-state index contributed by atoms with van der Waals surface area (Å²) in [7, 11) is 4.18. The van der Waals surface area contributed by atoms with E-state index in [1.165, 1.54) is 0 Å². The molecule has 3 N–H and O–H groups in total. The molecule has 0 aromatic carbocycles. The number of hydrogen-bond acceptors (Lipinski definition) is 3. The molecule has 0 radical (unpaired) electrons. The number of likely N-dealkylation sites (N-methyl/N-ethyl adjacent to an activating group) is 1. The van der Waals surface area contributed by atoms with E-state index < -0.39 is 0 Å². The zero-order chi connectivity index (χ0) is 8.27. The number of rotatable bonds is 4. The Kier molecular flexibility index (Phi) is 3.30. The van der Waals surface area contributed by atoms with Gasteiger partial charge in [-0.15, -0.1) is 0 Å². The Bertz CT molecular complexity index is 108. The number of nitrogens with zero attached hydrogens (tertiary/aromatic N) is 1. The SMILES string of the molecule is CN(C)CCNC1CC(N)C1. The van der Waals surface area contributed by atoms with E-state index >= 15 is 0 Å². The first kappa shape index (κ1) is 8.97. The van der Waals surface area contributed by atoms with E-state index in [4.69, 9.17) is 5.73 Å². The Labute approximate surface area is 68.9 Å². The van der Waals surface area contributed by atoms with Gasteiger partial charge < -0.3 is 16.0 Å². The summed E-state index contributed by atoms with van der Waals surface area (Å²) >= 11 is 0. The zero-order valence-corrected chi connectivity index (χ0v) is 7.51. The van der Waals surface area contributed by atoms with Crippen LogP contribution in [-0.2, 0) is 0 Å². The molecule has 1 saturated carbocycles. The molecule has 0 spiro atoms. The summed E-state index contributed by atoms with van der Waals surface area (Å²) in [6.07, 6.45) is 2.32. The first-order chi connectivity index (χ1) is 5.18. The van der Waals surface area contributed by atoms with Crippen LogP contribution in [0.5, 0.6) is 0 Å². The first-order valence-electron chi connectivity index (χ1n) is 4.32. The molecule has 3 heteroatoms. The number of nitrogens with one attached hydrogen (secondary N) is 1. The second kappa shape index (κ2) is 4.04. The van der Waals surface area contributed by atoms with E-state index in [1.54, 1.807) is 0 Å². The van der Waals surface area contributed by atoms with Crippen LogP contribution in [0.15, 0.2) is 0 Å². The van der Waals surface area contributed by atoms with Crippen molar-refractivity contribution in [1.29, 1.82) is 0 Å². The molecule has 0 aromatic rings. The molecule has 66 valence electrons. The van der Waals surface area contributed by atoms with Gasteiger partial charge in [0.15, 0.2) is 0 Å². The molecular weight excluding hydrogens is 138 g/mol. The van der Waals surface area contributed by atoms with Crippen LogP contribution in [0.3, 0.4) is 0 Å². The van der Waals surface area contributed by atoms with E-state index in [0.29, 0.717) is 12.1 Å². The lowest BCUT2D eigenvalue weighted by Gasteiger charge is -2.33. The van der Waals surface area contributed by atoms with Crippen molar-refractivity contribution in [2.24, 2.45) is 5.73 Å². The Balaban J connectivity index is 1.89. The molecule has 0 atom stereocenters. The maximum Gasteiger partial charge on any atom is 0.0101 e. The highest BCUT2D eigenvalue weighted by molar-refractivity contribution is 4.87. The molecule has 1 fully saturated rings. The fourth-order valence-corrected chi connectivity index (χ4v) is 1.32. The topological polar surface area (TPSA) is 41.3 Å². The van der Waals surface area contributed by atoms with E-state index in [2.05, 4.69) is 24.3 Å². The predicted octanol–water partition coefficient (Wildman–Crippen LogP) is -0.373. The molecule has 0 saturated heterocycles. The van der Waals surface area contributed by atoms with E-state index in [0.717, 1.165) is 25.9 Å². The molecular formula is C8H19N3. The molecule has 0 aromatic heterocycles. The van der Waals surface area contributed by atoms with E-state index in [1.807, 2.05) is 0 Å². The molecule has 0 heterocycles. The Morgan fingerprint density at radius 2 is 2.09 bits per heavy atom. The number of nitrogens with two attached hydrogens (primary N) is 1. The summed E-state index contributed by atoms with van der Waals surface area (Å²) in [5.74, 6) is 0. The minimum Gasteiger partial charge on any atom is -0.328 e. The number of hydrogen-bond donors (Lipinski definition) is 2. The fourth-order valence-electron chi connectivity index (χ4n) is 1.32. The maximum absolute atomic E-state index is 5.65. The van der Waals surface area contributed by atoms with Crippen LogP contribution in [0.2, 0.25) is 0 Å². The third-order valence-electron chi connectivity index (χ3n) is 2.17. The molecule has 0 aliphatic heterocycles. The van der Waals surface area contributed by atoms with Crippen molar-refractivity contribution in [3.8, 4) is 0 Å². The highest BCUT2D eigenvalue weighted by Gasteiger charge is 2.24. The third kappa shape index (κ3) is 3.18.